The molecule has 1 aliphatic heterocycles. The molecule has 2 aromatic carbocycles. The number of carbonyl (C=O) groups excluding carboxylic acids is 1. The highest BCUT2D eigenvalue weighted by atomic mass is 16.7. The molecule has 114 valence electrons. The summed E-state index contributed by atoms with van der Waals surface area (Å²) >= 11 is 0. The van der Waals surface area contributed by atoms with Crippen LogP contribution in [-0.2, 0) is 6.42 Å². The minimum absolute atomic E-state index is 0.00373. The molecule has 0 saturated carbocycles. The van der Waals surface area contributed by atoms with Crippen LogP contribution in [0.2, 0.25) is 0 Å². The Morgan fingerprint density at radius 3 is 2.82 bits per heavy atom. The maximum atomic E-state index is 12.2. The maximum Gasteiger partial charge on any atom is 0.231 e. The number of ketones is 1. The Morgan fingerprint density at radius 2 is 2.00 bits per heavy atom. The van der Waals surface area contributed by atoms with Crippen LogP contribution in [0.15, 0.2) is 36.4 Å². The van der Waals surface area contributed by atoms with Crippen molar-refractivity contribution in [3.05, 3.63) is 47.5 Å². The number of benzene rings is 2. The molecule has 0 fully saturated rings. The van der Waals surface area contributed by atoms with Crippen LogP contribution in [-0.4, -0.2) is 24.8 Å². The van der Waals surface area contributed by atoms with Crippen LogP contribution in [0.4, 0.5) is 0 Å². The molecule has 0 spiro atoms. The summed E-state index contributed by atoms with van der Waals surface area (Å²) in [5.74, 6) is 1.77. The summed E-state index contributed by atoms with van der Waals surface area (Å²) in [4.78, 5) is 12.2. The van der Waals surface area contributed by atoms with E-state index in [9.17, 15) is 9.90 Å². The second-order valence-corrected chi connectivity index (χ2v) is 5.00. The van der Waals surface area contributed by atoms with Crippen LogP contribution in [0.3, 0.4) is 0 Å². The Kier molecular flexibility index (Phi) is 3.87. The molecular formula is C17H16O5. The Balaban J connectivity index is 1.67. The van der Waals surface area contributed by atoms with Gasteiger partial charge in [-0.1, -0.05) is 6.07 Å². The van der Waals surface area contributed by atoms with Crippen LogP contribution in [0.5, 0.6) is 23.0 Å². The van der Waals surface area contributed by atoms with Crippen LogP contribution in [0.1, 0.15) is 22.3 Å². The number of aromatic hydroxyl groups is 1. The third-order valence-electron chi connectivity index (χ3n) is 3.58. The molecule has 0 aliphatic carbocycles. The van der Waals surface area contributed by atoms with Gasteiger partial charge in [0.2, 0.25) is 6.79 Å². The van der Waals surface area contributed by atoms with E-state index in [4.69, 9.17) is 14.2 Å². The van der Waals surface area contributed by atoms with Crippen molar-refractivity contribution in [2.45, 2.75) is 12.8 Å². The van der Waals surface area contributed by atoms with Gasteiger partial charge in [-0.05, 0) is 42.3 Å². The Hall–Kier alpha value is -2.69. The van der Waals surface area contributed by atoms with Crippen molar-refractivity contribution in [2.24, 2.45) is 0 Å². The van der Waals surface area contributed by atoms with Gasteiger partial charge < -0.3 is 19.3 Å². The molecule has 0 aromatic heterocycles. The SMILES string of the molecule is COc1cc(C(=O)CCc2ccc3c(c2)OCO3)ccc1O. The molecule has 3 rings (SSSR count). The van der Waals surface area contributed by atoms with Gasteiger partial charge in [0.1, 0.15) is 0 Å². The molecule has 0 bridgehead atoms. The first-order valence-corrected chi connectivity index (χ1v) is 6.96. The predicted octanol–water partition coefficient (Wildman–Crippen LogP) is 2.95. The molecule has 0 unspecified atom stereocenters. The lowest BCUT2D eigenvalue weighted by Crippen LogP contribution is -2.01. The van der Waals surface area contributed by atoms with Crippen molar-refractivity contribution in [3.63, 3.8) is 0 Å². The zero-order valence-electron chi connectivity index (χ0n) is 12.2. The summed E-state index contributed by atoms with van der Waals surface area (Å²) in [5.41, 5.74) is 1.54. The molecule has 2 aromatic rings. The number of fused-ring (bicyclic) bond motifs is 1. The zero-order chi connectivity index (χ0) is 15.5. The second kappa shape index (κ2) is 5.97. The third-order valence-corrected chi connectivity index (χ3v) is 3.58. The van der Waals surface area contributed by atoms with E-state index < -0.39 is 0 Å². The highest BCUT2D eigenvalue weighted by molar-refractivity contribution is 5.96. The van der Waals surface area contributed by atoms with Crippen LogP contribution in [0.25, 0.3) is 0 Å². The molecule has 1 heterocycles. The van der Waals surface area contributed by atoms with Crippen molar-refractivity contribution in [3.8, 4) is 23.0 Å². The Labute approximate surface area is 128 Å². The van der Waals surface area contributed by atoms with Gasteiger partial charge >= 0.3 is 0 Å². The van der Waals surface area contributed by atoms with Crippen LogP contribution >= 0.6 is 0 Å². The lowest BCUT2D eigenvalue weighted by Gasteiger charge is -2.06. The van der Waals surface area contributed by atoms with Crippen LogP contribution in [0, 0.1) is 0 Å². The number of hydrogen-bond donors (Lipinski definition) is 1. The van der Waals surface area contributed by atoms with Gasteiger partial charge in [0.05, 0.1) is 7.11 Å². The molecular weight excluding hydrogens is 284 g/mol. The van der Waals surface area contributed by atoms with Gasteiger partial charge in [-0.25, -0.2) is 0 Å². The van der Waals surface area contributed by atoms with E-state index in [0.29, 0.717) is 24.2 Å². The van der Waals surface area contributed by atoms with Gasteiger partial charge in [0, 0.05) is 12.0 Å². The van der Waals surface area contributed by atoms with Crippen molar-refractivity contribution >= 4 is 5.78 Å². The van der Waals surface area contributed by atoms with Crippen molar-refractivity contribution in [1.82, 2.24) is 0 Å². The number of phenolic OH excluding ortho intramolecular Hbond substituents is 1. The smallest absolute Gasteiger partial charge is 0.231 e. The Bertz CT molecular complexity index is 708. The van der Waals surface area contributed by atoms with E-state index in [0.717, 1.165) is 17.1 Å². The number of hydrogen-bond acceptors (Lipinski definition) is 5. The molecule has 0 saturated heterocycles. The minimum Gasteiger partial charge on any atom is -0.504 e. The predicted molar refractivity (Wildman–Crippen MR) is 79.9 cm³/mol. The summed E-state index contributed by atoms with van der Waals surface area (Å²) in [6.45, 7) is 0.241. The van der Waals surface area contributed by atoms with E-state index in [1.807, 2.05) is 18.2 Å². The molecule has 1 N–H and O–H groups in total. The number of carbonyl (C=O) groups is 1. The number of phenols is 1. The number of ether oxygens (including phenoxy) is 3. The maximum absolute atomic E-state index is 12.2. The van der Waals surface area contributed by atoms with Crippen LogP contribution < -0.4 is 14.2 Å². The van der Waals surface area contributed by atoms with E-state index >= 15 is 0 Å². The summed E-state index contributed by atoms with van der Waals surface area (Å²) in [6.07, 6.45) is 0.978. The first-order valence-electron chi connectivity index (χ1n) is 6.96. The van der Waals surface area contributed by atoms with Crippen molar-refractivity contribution in [2.75, 3.05) is 13.9 Å². The average molecular weight is 300 g/mol. The van der Waals surface area contributed by atoms with Crippen molar-refractivity contribution < 1.29 is 24.1 Å². The summed E-state index contributed by atoms with van der Waals surface area (Å²) < 4.78 is 15.6. The van der Waals surface area contributed by atoms with Gasteiger partial charge in [0.15, 0.2) is 28.8 Å². The first-order chi connectivity index (χ1) is 10.7. The fraction of sp³-hybridized carbons (Fsp3) is 0.235. The summed E-state index contributed by atoms with van der Waals surface area (Å²) in [7, 11) is 1.45. The number of aryl methyl sites for hydroxylation is 1. The molecule has 22 heavy (non-hydrogen) atoms. The number of methoxy groups -OCH3 is 1. The molecule has 1 aliphatic rings. The zero-order valence-corrected chi connectivity index (χ0v) is 12.2. The molecule has 0 amide bonds. The first kappa shape index (κ1) is 14.3. The van der Waals surface area contributed by atoms with Gasteiger partial charge in [-0.3, -0.25) is 4.79 Å². The fourth-order valence-electron chi connectivity index (χ4n) is 2.35. The quantitative estimate of drug-likeness (QED) is 0.860. The average Bonchev–Trinajstić information content (AvgIpc) is 3.00. The van der Waals surface area contributed by atoms with Gasteiger partial charge in [0.25, 0.3) is 0 Å². The van der Waals surface area contributed by atoms with Gasteiger partial charge in [-0.2, -0.15) is 0 Å². The van der Waals surface area contributed by atoms with Gasteiger partial charge in [-0.15, -0.1) is 0 Å². The fourth-order valence-corrected chi connectivity index (χ4v) is 2.35. The number of Topliss-reactive ketones (excluding diaryl/α,β-unsaturated/α-hetero) is 1. The van der Waals surface area contributed by atoms with E-state index in [-0.39, 0.29) is 18.3 Å². The number of rotatable bonds is 5. The van der Waals surface area contributed by atoms with E-state index in [2.05, 4.69) is 0 Å². The minimum atomic E-state index is -0.00373. The normalized spacial score (nSPS) is 12.2. The molecule has 0 radical (unpaired) electrons. The topological polar surface area (TPSA) is 65.0 Å². The highest BCUT2D eigenvalue weighted by Gasteiger charge is 2.14. The van der Waals surface area contributed by atoms with E-state index in [1.54, 1.807) is 12.1 Å². The van der Waals surface area contributed by atoms with E-state index in [1.165, 1.54) is 13.2 Å². The second-order valence-electron chi connectivity index (χ2n) is 5.00. The monoisotopic (exact) mass is 300 g/mol. The summed E-state index contributed by atoms with van der Waals surface area (Å²) in [6, 6.07) is 10.3. The molecule has 5 heteroatoms. The largest absolute Gasteiger partial charge is 0.504 e. The highest BCUT2D eigenvalue weighted by Crippen LogP contribution is 2.33. The van der Waals surface area contributed by atoms with Crippen molar-refractivity contribution in [1.29, 1.82) is 0 Å². The summed E-state index contributed by atoms with van der Waals surface area (Å²) in [5, 5.41) is 9.55. The lowest BCUT2D eigenvalue weighted by atomic mass is 10.0. The standard InChI is InChI=1S/C17H16O5/c1-20-16-9-12(4-6-14(16)19)13(18)5-2-11-3-7-15-17(8-11)22-10-21-15/h3-4,6-9,19H,2,5,10H2,1H3. The molecule has 5 nitrogen and oxygen atoms in total. The lowest BCUT2D eigenvalue weighted by molar-refractivity contribution is 0.0982. The third kappa shape index (κ3) is 2.83. The molecule has 0 atom stereocenters. The Morgan fingerprint density at radius 1 is 1.18 bits per heavy atom.